The Morgan fingerprint density at radius 2 is 2.29 bits per heavy atom. The lowest BCUT2D eigenvalue weighted by Gasteiger charge is -2.60. The van der Waals surface area contributed by atoms with E-state index >= 15 is 0 Å². The Bertz CT molecular complexity index is 430. The average Bonchev–Trinajstić information content (AvgIpc) is 2.23. The van der Waals surface area contributed by atoms with Crippen molar-refractivity contribution in [2.24, 2.45) is 11.3 Å². The molecule has 0 saturated heterocycles. The summed E-state index contributed by atoms with van der Waals surface area (Å²) in [5.74, 6) is 0.999. The Balaban J connectivity index is 1.54. The third kappa shape index (κ3) is 1.80. The highest BCUT2D eigenvalue weighted by Gasteiger charge is 2.61. The molecule has 4 rings (SSSR count). The van der Waals surface area contributed by atoms with Crippen LogP contribution in [-0.4, -0.2) is 27.3 Å². The fraction of sp³-hybridized carbons (Fsp3) is 0.636. The number of carbonyl (C=O) groups is 1. The summed E-state index contributed by atoms with van der Waals surface area (Å²) >= 11 is 1.45. The normalized spacial score (nSPS) is 29.1. The van der Waals surface area contributed by atoms with Crippen molar-refractivity contribution in [3.8, 4) is 0 Å². The molecule has 6 heteroatoms. The van der Waals surface area contributed by atoms with Crippen molar-refractivity contribution in [3.63, 3.8) is 0 Å². The van der Waals surface area contributed by atoms with E-state index in [1.807, 2.05) is 6.26 Å². The third-order valence-corrected chi connectivity index (χ3v) is 4.27. The van der Waals surface area contributed by atoms with Gasteiger partial charge in [0.25, 0.3) is 0 Å². The first-order valence-electron chi connectivity index (χ1n) is 5.73. The van der Waals surface area contributed by atoms with E-state index in [1.165, 1.54) is 11.8 Å². The van der Waals surface area contributed by atoms with Crippen LogP contribution in [0.1, 0.15) is 25.0 Å². The summed E-state index contributed by atoms with van der Waals surface area (Å²) in [6, 6.07) is 0. The minimum Gasteiger partial charge on any atom is -0.350 e. The van der Waals surface area contributed by atoms with E-state index in [0.717, 1.165) is 25.2 Å². The molecule has 0 radical (unpaired) electrons. The van der Waals surface area contributed by atoms with Gasteiger partial charge in [0.15, 0.2) is 0 Å². The topological polar surface area (TPSA) is 67.8 Å². The fourth-order valence-corrected chi connectivity index (χ4v) is 2.86. The predicted molar refractivity (Wildman–Crippen MR) is 63.2 cm³/mol. The van der Waals surface area contributed by atoms with Gasteiger partial charge in [-0.1, -0.05) is 11.8 Å². The first-order valence-corrected chi connectivity index (χ1v) is 6.95. The zero-order valence-electron chi connectivity index (χ0n) is 9.64. The van der Waals surface area contributed by atoms with Crippen LogP contribution in [0, 0.1) is 11.3 Å². The predicted octanol–water partition coefficient (Wildman–Crippen LogP) is 1.01. The Kier molecular flexibility index (Phi) is 2.54. The van der Waals surface area contributed by atoms with Gasteiger partial charge in [-0.05, 0) is 31.4 Å². The minimum absolute atomic E-state index is 0.0231. The van der Waals surface area contributed by atoms with E-state index in [4.69, 9.17) is 0 Å². The largest absolute Gasteiger partial charge is 0.350 e. The van der Waals surface area contributed by atoms with Crippen LogP contribution in [0.25, 0.3) is 0 Å². The van der Waals surface area contributed by atoms with Gasteiger partial charge in [-0.3, -0.25) is 4.79 Å². The molecule has 3 fully saturated rings. The van der Waals surface area contributed by atoms with Gasteiger partial charge in [0.2, 0.25) is 11.1 Å². The monoisotopic (exact) mass is 250 g/mol. The van der Waals surface area contributed by atoms with Crippen LogP contribution in [0.3, 0.4) is 0 Å². The summed E-state index contributed by atoms with van der Waals surface area (Å²) in [5.41, 5.74) is 0.688. The Morgan fingerprint density at radius 3 is 2.76 bits per heavy atom. The molecule has 3 aliphatic carbocycles. The maximum absolute atomic E-state index is 11.9. The zero-order chi connectivity index (χ0) is 11.9. The molecule has 0 unspecified atom stereocenters. The summed E-state index contributed by atoms with van der Waals surface area (Å²) in [7, 11) is 0. The van der Waals surface area contributed by atoms with Gasteiger partial charge >= 0.3 is 0 Å². The fourth-order valence-electron chi connectivity index (χ4n) is 2.58. The smallest absolute Gasteiger partial charge is 0.226 e. The maximum Gasteiger partial charge on any atom is 0.226 e. The lowest BCUT2D eigenvalue weighted by Crippen LogP contribution is -2.60. The lowest BCUT2D eigenvalue weighted by molar-refractivity contribution is -0.165. The molecule has 1 aromatic heterocycles. The summed E-state index contributed by atoms with van der Waals surface area (Å²) in [6.07, 6.45) is 6.80. The van der Waals surface area contributed by atoms with Crippen LogP contribution in [-0.2, 0) is 11.3 Å². The van der Waals surface area contributed by atoms with Gasteiger partial charge in [-0.25, -0.2) is 4.98 Å². The highest BCUT2D eigenvalue weighted by Crippen LogP contribution is 2.64. The number of rotatable bonds is 4. The molecule has 3 saturated carbocycles. The van der Waals surface area contributed by atoms with Crippen LogP contribution < -0.4 is 5.32 Å². The summed E-state index contributed by atoms with van der Waals surface area (Å²) in [6.45, 7) is 0.430. The first-order chi connectivity index (χ1) is 8.22. The van der Waals surface area contributed by atoms with Gasteiger partial charge in [0.1, 0.15) is 5.69 Å². The van der Waals surface area contributed by atoms with E-state index in [9.17, 15) is 4.79 Å². The molecule has 1 heterocycles. The van der Waals surface area contributed by atoms with E-state index in [-0.39, 0.29) is 11.3 Å². The molecule has 0 aliphatic heterocycles. The van der Waals surface area contributed by atoms with Crippen molar-refractivity contribution < 1.29 is 4.79 Å². The Labute approximate surface area is 104 Å². The second kappa shape index (κ2) is 3.94. The molecule has 1 amide bonds. The standard InChI is InChI=1S/C11H14N4OS/c1-17-10-13-6-8(14-15-10)5-12-9(16)11-2-7(3-11)4-11/h6-7H,2-5H2,1H3,(H,12,16). The minimum atomic E-state index is -0.0231. The van der Waals surface area contributed by atoms with Crippen molar-refractivity contribution >= 4 is 17.7 Å². The second-order valence-electron chi connectivity index (χ2n) is 4.88. The molecular weight excluding hydrogens is 236 g/mol. The van der Waals surface area contributed by atoms with E-state index in [1.54, 1.807) is 6.20 Å². The summed E-state index contributed by atoms with van der Waals surface area (Å²) in [5, 5.41) is 11.5. The number of thioether (sulfide) groups is 1. The molecule has 5 nitrogen and oxygen atoms in total. The highest BCUT2D eigenvalue weighted by atomic mass is 32.2. The van der Waals surface area contributed by atoms with Gasteiger partial charge in [-0.15, -0.1) is 10.2 Å². The Hall–Kier alpha value is -1.17. The second-order valence-corrected chi connectivity index (χ2v) is 5.65. The SMILES string of the molecule is CSc1ncc(CNC(=O)C23CC(C2)C3)nn1. The first kappa shape index (κ1) is 11.0. The van der Waals surface area contributed by atoms with Gasteiger partial charge < -0.3 is 5.32 Å². The molecule has 17 heavy (non-hydrogen) atoms. The van der Waals surface area contributed by atoms with Crippen LogP contribution in [0.4, 0.5) is 0 Å². The van der Waals surface area contributed by atoms with Gasteiger partial charge in [0, 0.05) is 5.41 Å². The molecule has 90 valence electrons. The highest BCUT2D eigenvalue weighted by molar-refractivity contribution is 7.98. The number of aromatic nitrogens is 3. The van der Waals surface area contributed by atoms with Crippen LogP contribution in [0.2, 0.25) is 0 Å². The van der Waals surface area contributed by atoms with Gasteiger partial charge in [-0.2, -0.15) is 0 Å². The summed E-state index contributed by atoms with van der Waals surface area (Å²) < 4.78 is 0. The molecule has 1 aromatic rings. The number of nitrogens with one attached hydrogen (secondary N) is 1. The lowest BCUT2D eigenvalue weighted by atomic mass is 9.44. The van der Waals surface area contributed by atoms with Gasteiger partial charge in [0.05, 0.1) is 12.7 Å². The van der Waals surface area contributed by atoms with Crippen molar-refractivity contribution in [3.05, 3.63) is 11.9 Å². The van der Waals surface area contributed by atoms with Crippen LogP contribution >= 0.6 is 11.8 Å². The molecule has 0 spiro atoms. The maximum atomic E-state index is 11.9. The van der Waals surface area contributed by atoms with Crippen LogP contribution in [0.5, 0.6) is 0 Å². The molecule has 0 aromatic carbocycles. The number of hydrogen-bond donors (Lipinski definition) is 1. The van der Waals surface area contributed by atoms with Crippen molar-refractivity contribution in [2.45, 2.75) is 31.0 Å². The van der Waals surface area contributed by atoms with Crippen LogP contribution in [0.15, 0.2) is 11.4 Å². The molecule has 2 bridgehead atoms. The molecule has 1 N–H and O–H groups in total. The average molecular weight is 250 g/mol. The molecule has 0 atom stereocenters. The van der Waals surface area contributed by atoms with E-state index in [0.29, 0.717) is 17.4 Å². The van der Waals surface area contributed by atoms with E-state index in [2.05, 4.69) is 20.5 Å². The number of hydrogen-bond acceptors (Lipinski definition) is 5. The number of nitrogens with zero attached hydrogens (tertiary/aromatic N) is 3. The van der Waals surface area contributed by atoms with E-state index < -0.39 is 0 Å². The zero-order valence-corrected chi connectivity index (χ0v) is 10.5. The Morgan fingerprint density at radius 1 is 1.53 bits per heavy atom. The molecule has 3 aliphatic rings. The van der Waals surface area contributed by atoms with Crippen molar-refractivity contribution in [2.75, 3.05) is 6.26 Å². The number of carbonyl (C=O) groups excluding carboxylic acids is 1. The van der Waals surface area contributed by atoms with Crippen molar-refractivity contribution in [1.29, 1.82) is 0 Å². The van der Waals surface area contributed by atoms with Crippen molar-refractivity contribution in [1.82, 2.24) is 20.5 Å². The third-order valence-electron chi connectivity index (χ3n) is 3.72. The number of amides is 1. The molecular formula is C11H14N4OS. The summed E-state index contributed by atoms with van der Waals surface area (Å²) in [4.78, 5) is 16.0. The quantitative estimate of drug-likeness (QED) is 0.808.